The van der Waals surface area contributed by atoms with Crippen LogP contribution in [-0.2, 0) is 25.2 Å². The lowest BCUT2D eigenvalue weighted by molar-refractivity contribution is -0.149. The fourth-order valence-electron chi connectivity index (χ4n) is 2.83. The first-order valence-corrected chi connectivity index (χ1v) is 8.37. The first kappa shape index (κ1) is 15.7. The molecule has 3 rings (SSSR count). The van der Waals surface area contributed by atoms with Crippen molar-refractivity contribution in [2.45, 2.75) is 16.5 Å². The van der Waals surface area contributed by atoms with E-state index in [1.165, 1.54) is 12.1 Å². The molecule has 0 aromatic heterocycles. The summed E-state index contributed by atoms with van der Waals surface area (Å²) in [4.78, 5) is 12.1. The largest absolute Gasteiger partial charge is 0.468 e. The van der Waals surface area contributed by atoms with Crippen LogP contribution in [0.15, 0.2) is 59.5 Å². The quantitative estimate of drug-likeness (QED) is 0.792. The molecule has 6 nitrogen and oxygen atoms in total. The second-order valence-electron chi connectivity index (χ2n) is 5.21. The number of esters is 1. The summed E-state index contributed by atoms with van der Waals surface area (Å²) in [5.74, 6) is -0.866. The molecule has 23 heavy (non-hydrogen) atoms. The van der Waals surface area contributed by atoms with Crippen molar-refractivity contribution in [1.82, 2.24) is 4.72 Å². The Labute approximate surface area is 133 Å². The van der Waals surface area contributed by atoms with Gasteiger partial charge in [-0.3, -0.25) is 4.79 Å². The van der Waals surface area contributed by atoms with Crippen molar-refractivity contribution < 1.29 is 23.1 Å². The second kappa shape index (κ2) is 5.45. The number of nitrogens with one attached hydrogen (secondary N) is 1. The standard InChI is InChI=1S/C16H15NO5S/c1-22-15(18)14-16(19,11-7-3-2-4-8-11)12-9-5-6-10-13(12)23(20,21)17-14/h2-10,14,17,19H,1H3. The molecule has 120 valence electrons. The summed E-state index contributed by atoms with van der Waals surface area (Å²) in [5.41, 5.74) is -1.33. The van der Waals surface area contributed by atoms with Gasteiger partial charge in [-0.15, -0.1) is 0 Å². The van der Waals surface area contributed by atoms with E-state index in [9.17, 15) is 18.3 Å². The third kappa shape index (κ3) is 2.33. The van der Waals surface area contributed by atoms with Crippen LogP contribution in [0.1, 0.15) is 11.1 Å². The van der Waals surface area contributed by atoms with Crippen LogP contribution in [0.3, 0.4) is 0 Å². The number of methoxy groups -OCH3 is 1. The Morgan fingerprint density at radius 3 is 2.39 bits per heavy atom. The third-order valence-corrected chi connectivity index (χ3v) is 5.41. The van der Waals surface area contributed by atoms with Crippen molar-refractivity contribution >= 4 is 16.0 Å². The minimum absolute atomic E-state index is 0.0634. The molecule has 1 aliphatic rings. The van der Waals surface area contributed by atoms with Crippen LogP contribution in [0.2, 0.25) is 0 Å². The number of sulfonamides is 1. The van der Waals surface area contributed by atoms with Gasteiger partial charge in [0.25, 0.3) is 0 Å². The highest BCUT2D eigenvalue weighted by Gasteiger charge is 2.53. The SMILES string of the molecule is COC(=O)C1NS(=O)(=O)c2ccccc2C1(O)c1ccccc1. The first-order valence-electron chi connectivity index (χ1n) is 6.89. The number of rotatable bonds is 2. The van der Waals surface area contributed by atoms with Crippen LogP contribution in [0.4, 0.5) is 0 Å². The maximum absolute atomic E-state index is 12.4. The van der Waals surface area contributed by atoms with Gasteiger partial charge in [0.2, 0.25) is 10.0 Å². The number of carbonyl (C=O) groups excluding carboxylic acids is 1. The van der Waals surface area contributed by atoms with E-state index >= 15 is 0 Å². The van der Waals surface area contributed by atoms with Crippen LogP contribution < -0.4 is 4.72 Å². The van der Waals surface area contributed by atoms with Gasteiger partial charge < -0.3 is 9.84 Å². The zero-order valence-electron chi connectivity index (χ0n) is 12.3. The van der Waals surface area contributed by atoms with E-state index in [1.807, 2.05) is 0 Å². The molecule has 0 bridgehead atoms. The molecule has 0 saturated heterocycles. The van der Waals surface area contributed by atoms with E-state index in [-0.39, 0.29) is 10.5 Å². The van der Waals surface area contributed by atoms with Crippen LogP contribution in [-0.4, -0.2) is 32.6 Å². The molecule has 2 atom stereocenters. The van der Waals surface area contributed by atoms with Crippen LogP contribution >= 0.6 is 0 Å². The molecule has 2 aromatic carbocycles. The lowest BCUT2D eigenvalue weighted by Gasteiger charge is -2.40. The van der Waals surface area contributed by atoms with Crippen LogP contribution in [0, 0.1) is 0 Å². The van der Waals surface area contributed by atoms with E-state index in [4.69, 9.17) is 0 Å². The average Bonchev–Trinajstić information content (AvgIpc) is 2.58. The maximum atomic E-state index is 12.4. The molecule has 0 aliphatic carbocycles. The summed E-state index contributed by atoms with van der Waals surface area (Å²) in [5, 5.41) is 11.4. The summed E-state index contributed by atoms with van der Waals surface area (Å²) in [6.45, 7) is 0. The predicted molar refractivity (Wildman–Crippen MR) is 82.0 cm³/mol. The first-order chi connectivity index (χ1) is 10.9. The molecule has 1 aliphatic heterocycles. The summed E-state index contributed by atoms with van der Waals surface area (Å²) in [6, 6.07) is 13.0. The molecule has 7 heteroatoms. The molecule has 1 heterocycles. The lowest BCUT2D eigenvalue weighted by atomic mass is 9.80. The normalized spacial score (nSPS) is 25.4. The van der Waals surface area contributed by atoms with Crippen LogP contribution in [0.5, 0.6) is 0 Å². The Balaban J connectivity index is 2.34. The highest BCUT2D eigenvalue weighted by atomic mass is 32.2. The number of benzene rings is 2. The monoisotopic (exact) mass is 333 g/mol. The van der Waals surface area contributed by atoms with Crippen molar-refractivity contribution in [2.24, 2.45) is 0 Å². The fourth-order valence-corrected chi connectivity index (χ4v) is 4.30. The molecule has 0 radical (unpaired) electrons. The van der Waals surface area contributed by atoms with E-state index in [0.717, 1.165) is 7.11 Å². The number of ether oxygens (including phenoxy) is 1. The Morgan fingerprint density at radius 2 is 1.74 bits per heavy atom. The topological polar surface area (TPSA) is 92.7 Å². The number of aliphatic hydroxyl groups is 1. The number of hydrogen-bond donors (Lipinski definition) is 2. The third-order valence-electron chi connectivity index (χ3n) is 3.93. The summed E-state index contributed by atoms with van der Waals surface area (Å²) in [7, 11) is -2.79. The van der Waals surface area contributed by atoms with Crippen molar-refractivity contribution in [1.29, 1.82) is 0 Å². The molecule has 2 unspecified atom stereocenters. The molecule has 0 fully saturated rings. The molecular weight excluding hydrogens is 318 g/mol. The smallest absolute Gasteiger partial charge is 0.327 e. The van der Waals surface area contributed by atoms with Gasteiger partial charge in [0.15, 0.2) is 6.04 Å². The number of hydrogen-bond acceptors (Lipinski definition) is 5. The average molecular weight is 333 g/mol. The molecule has 2 aromatic rings. The van der Waals surface area contributed by atoms with Gasteiger partial charge in [0, 0.05) is 5.56 Å². The zero-order chi connectivity index (χ0) is 16.7. The van der Waals surface area contributed by atoms with Gasteiger partial charge in [-0.25, -0.2) is 8.42 Å². The van der Waals surface area contributed by atoms with Gasteiger partial charge in [-0.05, 0) is 11.6 Å². The minimum atomic E-state index is -3.94. The minimum Gasteiger partial charge on any atom is -0.468 e. The van der Waals surface area contributed by atoms with Gasteiger partial charge in [0.05, 0.1) is 12.0 Å². The van der Waals surface area contributed by atoms with Gasteiger partial charge >= 0.3 is 5.97 Å². The Hall–Kier alpha value is -2.22. The molecule has 0 spiro atoms. The second-order valence-corrected chi connectivity index (χ2v) is 6.89. The highest BCUT2D eigenvalue weighted by molar-refractivity contribution is 7.89. The van der Waals surface area contributed by atoms with E-state index in [1.54, 1.807) is 42.5 Å². The zero-order valence-corrected chi connectivity index (χ0v) is 13.1. The van der Waals surface area contributed by atoms with E-state index in [2.05, 4.69) is 9.46 Å². The summed E-state index contributed by atoms with van der Waals surface area (Å²) < 4.78 is 31.7. The highest BCUT2D eigenvalue weighted by Crippen LogP contribution is 2.40. The van der Waals surface area contributed by atoms with E-state index < -0.39 is 27.6 Å². The maximum Gasteiger partial charge on any atom is 0.327 e. The van der Waals surface area contributed by atoms with E-state index in [0.29, 0.717) is 5.56 Å². The lowest BCUT2D eigenvalue weighted by Crippen LogP contribution is -2.59. The van der Waals surface area contributed by atoms with Gasteiger partial charge in [-0.2, -0.15) is 4.72 Å². The summed E-state index contributed by atoms with van der Waals surface area (Å²) in [6.07, 6.45) is 0. The fraction of sp³-hybridized carbons (Fsp3) is 0.188. The number of carbonyl (C=O) groups is 1. The Kier molecular flexibility index (Phi) is 3.71. The molecular formula is C16H15NO5S. The van der Waals surface area contributed by atoms with Crippen LogP contribution in [0.25, 0.3) is 0 Å². The van der Waals surface area contributed by atoms with Crippen molar-refractivity contribution in [3.8, 4) is 0 Å². The molecule has 2 N–H and O–H groups in total. The Bertz CT molecular complexity index is 850. The van der Waals surface area contributed by atoms with Crippen molar-refractivity contribution in [3.63, 3.8) is 0 Å². The van der Waals surface area contributed by atoms with Crippen molar-refractivity contribution in [2.75, 3.05) is 7.11 Å². The predicted octanol–water partition coefficient (Wildman–Crippen LogP) is 0.756. The van der Waals surface area contributed by atoms with Gasteiger partial charge in [-0.1, -0.05) is 48.5 Å². The number of fused-ring (bicyclic) bond motifs is 1. The van der Waals surface area contributed by atoms with Crippen molar-refractivity contribution in [3.05, 3.63) is 65.7 Å². The van der Waals surface area contributed by atoms with Gasteiger partial charge in [0.1, 0.15) is 5.60 Å². The molecule has 0 amide bonds. The Morgan fingerprint density at radius 1 is 1.13 bits per heavy atom. The molecule has 0 saturated carbocycles. The summed E-state index contributed by atoms with van der Waals surface area (Å²) >= 11 is 0.